The van der Waals surface area contributed by atoms with Crippen LogP contribution in [-0.2, 0) is 20.2 Å². The van der Waals surface area contributed by atoms with E-state index < -0.39 is 31.5 Å². The number of alkyl halides is 3. The van der Waals surface area contributed by atoms with Gasteiger partial charge in [-0.2, -0.15) is 30.0 Å². The molecule has 0 aromatic heterocycles. The molecule has 11 heteroatoms. The van der Waals surface area contributed by atoms with Gasteiger partial charge >= 0.3 is 25.7 Å². The predicted molar refractivity (Wildman–Crippen MR) is 110 cm³/mol. The Balaban J connectivity index is 2.03. The minimum absolute atomic E-state index is 0.000755. The first-order chi connectivity index (χ1) is 14.4. The van der Waals surface area contributed by atoms with E-state index in [1.54, 1.807) is 12.1 Å². The second kappa shape index (κ2) is 6.99. The topological polar surface area (TPSA) is 86.7 Å². The maximum Gasteiger partial charge on any atom is 0.534 e. The summed E-state index contributed by atoms with van der Waals surface area (Å²) in [5, 5.41) is 3.67. The molecule has 0 heterocycles. The monoisotopic (exact) mass is 470 g/mol. The van der Waals surface area contributed by atoms with Gasteiger partial charge in [0.2, 0.25) is 0 Å². The molecule has 0 fully saturated rings. The lowest BCUT2D eigenvalue weighted by atomic mass is 9.94. The number of fused-ring (bicyclic) bond motifs is 6. The Labute approximate surface area is 175 Å². The van der Waals surface area contributed by atoms with E-state index in [0.29, 0.717) is 21.5 Å². The largest absolute Gasteiger partial charge is 0.534 e. The molecule has 6 nitrogen and oxygen atoms in total. The molecule has 0 atom stereocenters. The first-order valence-electron chi connectivity index (χ1n) is 8.64. The van der Waals surface area contributed by atoms with Crippen molar-refractivity contribution in [1.82, 2.24) is 0 Å². The van der Waals surface area contributed by atoms with Crippen LogP contribution in [0.1, 0.15) is 0 Å². The maximum absolute atomic E-state index is 12.7. The van der Waals surface area contributed by atoms with Crippen molar-refractivity contribution in [3.63, 3.8) is 0 Å². The molecule has 0 bridgehead atoms. The molecule has 0 amide bonds. The molecule has 4 aromatic rings. The molecule has 0 N–H and O–H groups in total. The van der Waals surface area contributed by atoms with Crippen LogP contribution in [0.2, 0.25) is 0 Å². The lowest BCUT2D eigenvalue weighted by Gasteiger charge is -2.14. The first kappa shape index (κ1) is 21.2. The van der Waals surface area contributed by atoms with Crippen LogP contribution in [0.15, 0.2) is 60.7 Å². The summed E-state index contributed by atoms with van der Waals surface area (Å²) in [6.45, 7) is 0. The third-order valence-electron chi connectivity index (χ3n) is 4.52. The van der Waals surface area contributed by atoms with Crippen LogP contribution in [0.3, 0.4) is 0 Å². The minimum Gasteiger partial charge on any atom is -0.383 e. The zero-order valence-electron chi connectivity index (χ0n) is 15.7. The average molecular weight is 470 g/mol. The molecule has 0 aliphatic carbocycles. The highest BCUT2D eigenvalue weighted by Gasteiger charge is 2.48. The van der Waals surface area contributed by atoms with E-state index >= 15 is 0 Å². The zero-order valence-corrected chi connectivity index (χ0v) is 17.3. The number of halogens is 3. The van der Waals surface area contributed by atoms with E-state index in [0.717, 1.165) is 29.2 Å². The van der Waals surface area contributed by atoms with Crippen LogP contribution in [0.4, 0.5) is 13.2 Å². The van der Waals surface area contributed by atoms with Crippen molar-refractivity contribution in [2.45, 2.75) is 5.51 Å². The van der Waals surface area contributed by atoms with Gasteiger partial charge in [0.15, 0.2) is 0 Å². The Morgan fingerprint density at radius 1 is 0.645 bits per heavy atom. The molecule has 162 valence electrons. The first-order valence-corrected chi connectivity index (χ1v) is 11.9. The van der Waals surface area contributed by atoms with Gasteiger partial charge in [0.1, 0.15) is 11.5 Å². The van der Waals surface area contributed by atoms with Gasteiger partial charge in [-0.3, -0.25) is 0 Å². The van der Waals surface area contributed by atoms with Gasteiger partial charge < -0.3 is 8.37 Å². The molecule has 0 saturated carbocycles. The van der Waals surface area contributed by atoms with Gasteiger partial charge in [-0.1, -0.05) is 24.3 Å². The van der Waals surface area contributed by atoms with Gasteiger partial charge in [0.05, 0.1) is 6.26 Å². The van der Waals surface area contributed by atoms with Crippen LogP contribution in [-0.4, -0.2) is 28.6 Å². The number of hydrogen-bond acceptors (Lipinski definition) is 6. The van der Waals surface area contributed by atoms with E-state index in [4.69, 9.17) is 4.18 Å². The highest BCUT2D eigenvalue weighted by molar-refractivity contribution is 7.88. The molecule has 0 unspecified atom stereocenters. The fourth-order valence-electron chi connectivity index (χ4n) is 3.37. The average Bonchev–Trinajstić information content (AvgIpc) is 2.65. The fourth-order valence-corrected chi connectivity index (χ4v) is 4.27. The van der Waals surface area contributed by atoms with E-state index in [-0.39, 0.29) is 5.75 Å². The van der Waals surface area contributed by atoms with Crippen molar-refractivity contribution in [1.29, 1.82) is 0 Å². The Morgan fingerprint density at radius 2 is 1.06 bits per heavy atom. The summed E-state index contributed by atoms with van der Waals surface area (Å²) in [5.41, 5.74) is -5.58. The van der Waals surface area contributed by atoms with E-state index in [1.807, 2.05) is 18.2 Å². The second-order valence-corrected chi connectivity index (χ2v) is 9.84. The highest BCUT2D eigenvalue weighted by Crippen LogP contribution is 2.39. The van der Waals surface area contributed by atoms with Crippen LogP contribution in [0, 0.1) is 0 Å². The molecule has 4 rings (SSSR count). The van der Waals surface area contributed by atoms with E-state index in [2.05, 4.69) is 4.18 Å². The van der Waals surface area contributed by atoms with Crippen molar-refractivity contribution in [3.05, 3.63) is 60.7 Å². The van der Waals surface area contributed by atoms with Gasteiger partial charge in [-0.25, -0.2) is 0 Å². The standard InChI is InChI=1S/C20H13F3O6S2/c1-30(24,25)28-12-6-8-16-14-4-2-3-5-15(14)17-9-7-13(11-19(17)18(16)10-12)29-31(26,27)20(21,22)23/h2-11H,1H3. The van der Waals surface area contributed by atoms with Crippen LogP contribution >= 0.6 is 0 Å². The summed E-state index contributed by atoms with van der Waals surface area (Å²) in [7, 11) is -9.67. The summed E-state index contributed by atoms with van der Waals surface area (Å²) >= 11 is 0. The van der Waals surface area contributed by atoms with Gasteiger partial charge in [0, 0.05) is 0 Å². The summed E-state index contributed by atoms with van der Waals surface area (Å²) in [5.74, 6) is -0.531. The fraction of sp³-hybridized carbons (Fsp3) is 0.100. The number of benzene rings is 4. The summed E-state index contributed by atoms with van der Waals surface area (Å²) in [6, 6.07) is 15.5. The van der Waals surface area contributed by atoms with Crippen molar-refractivity contribution in [3.8, 4) is 11.5 Å². The lowest BCUT2D eigenvalue weighted by molar-refractivity contribution is -0.0500. The normalized spacial score (nSPS) is 13.0. The second-order valence-electron chi connectivity index (χ2n) is 6.73. The summed E-state index contributed by atoms with van der Waals surface area (Å²) in [6.07, 6.45) is 0.879. The Kier molecular flexibility index (Phi) is 4.78. The SMILES string of the molecule is CS(=O)(=O)Oc1ccc2c3ccccc3c3ccc(OS(=O)(=O)C(F)(F)F)cc3c2c1. The quantitative estimate of drug-likeness (QED) is 0.244. The molecule has 0 aliphatic rings. The van der Waals surface area contributed by atoms with Gasteiger partial charge in [0.25, 0.3) is 0 Å². The van der Waals surface area contributed by atoms with Gasteiger partial charge in [-0.05, 0) is 68.7 Å². The van der Waals surface area contributed by atoms with E-state index in [1.165, 1.54) is 18.2 Å². The Morgan fingerprint density at radius 3 is 1.48 bits per heavy atom. The molecular formula is C20H13F3O6S2. The van der Waals surface area contributed by atoms with E-state index in [9.17, 15) is 30.0 Å². The van der Waals surface area contributed by atoms with Gasteiger partial charge in [-0.15, -0.1) is 0 Å². The van der Waals surface area contributed by atoms with Crippen molar-refractivity contribution in [2.24, 2.45) is 0 Å². The Bertz CT molecular complexity index is 1560. The smallest absolute Gasteiger partial charge is 0.383 e. The third-order valence-corrected chi connectivity index (χ3v) is 5.99. The van der Waals surface area contributed by atoms with Crippen molar-refractivity contribution in [2.75, 3.05) is 6.26 Å². The molecule has 31 heavy (non-hydrogen) atoms. The Hall–Kier alpha value is -3.05. The summed E-state index contributed by atoms with van der Waals surface area (Å²) in [4.78, 5) is 0. The molecule has 0 radical (unpaired) electrons. The molecular weight excluding hydrogens is 457 g/mol. The molecule has 4 aromatic carbocycles. The highest BCUT2D eigenvalue weighted by atomic mass is 32.2. The van der Waals surface area contributed by atoms with Crippen LogP contribution < -0.4 is 8.37 Å². The maximum atomic E-state index is 12.7. The number of hydrogen-bond donors (Lipinski definition) is 0. The number of rotatable bonds is 4. The molecule has 0 saturated heterocycles. The van der Waals surface area contributed by atoms with Crippen LogP contribution in [0.25, 0.3) is 32.3 Å². The van der Waals surface area contributed by atoms with Crippen molar-refractivity contribution >= 4 is 52.6 Å². The predicted octanol–water partition coefficient (Wildman–Crippen LogP) is 4.71. The third kappa shape index (κ3) is 3.98. The molecule has 0 aliphatic heterocycles. The minimum atomic E-state index is -5.85. The lowest BCUT2D eigenvalue weighted by Crippen LogP contribution is -2.28. The van der Waals surface area contributed by atoms with Crippen LogP contribution in [0.5, 0.6) is 11.5 Å². The molecule has 0 spiro atoms. The zero-order chi connectivity index (χ0) is 22.6. The summed E-state index contributed by atoms with van der Waals surface area (Å²) < 4.78 is 93.2. The van der Waals surface area contributed by atoms with Crippen molar-refractivity contribution < 1.29 is 38.4 Å².